The molecule has 2 N–H and O–H groups in total. The Balaban J connectivity index is 2.65. The van der Waals surface area contributed by atoms with Gasteiger partial charge in [-0.05, 0) is 53.6 Å². The number of aryl methyl sites for hydroxylation is 3. The van der Waals surface area contributed by atoms with Gasteiger partial charge in [0.25, 0.3) is 0 Å². The Bertz CT molecular complexity index is 615. The van der Waals surface area contributed by atoms with E-state index in [1.54, 1.807) is 12.1 Å². The maximum atomic E-state index is 10.1. The normalized spacial score (nSPS) is 10.8. The summed E-state index contributed by atoms with van der Waals surface area (Å²) in [5.41, 5.74) is 5.80. The van der Waals surface area contributed by atoms with Crippen LogP contribution in [0, 0.1) is 0 Å². The summed E-state index contributed by atoms with van der Waals surface area (Å²) < 4.78 is 0. The third-order valence-electron chi connectivity index (χ3n) is 3.84. The number of hydrogen-bond acceptors (Lipinski definition) is 2. The summed E-state index contributed by atoms with van der Waals surface area (Å²) in [6.45, 7) is 6.45. The van der Waals surface area contributed by atoms with E-state index < -0.39 is 0 Å². The molecular formula is C18H22O2. The molecule has 0 unspecified atom stereocenters. The Morgan fingerprint density at radius 2 is 1.30 bits per heavy atom. The molecule has 0 amide bonds. The maximum Gasteiger partial charge on any atom is 0.127 e. The summed E-state index contributed by atoms with van der Waals surface area (Å²) in [4.78, 5) is 0. The van der Waals surface area contributed by atoms with E-state index in [1.807, 2.05) is 0 Å². The average Bonchev–Trinajstić information content (AvgIpc) is 2.46. The summed E-state index contributed by atoms with van der Waals surface area (Å²) in [5, 5.41) is 19.5. The molecular weight excluding hydrogens is 248 g/mol. The molecule has 0 radical (unpaired) electrons. The van der Waals surface area contributed by atoms with Gasteiger partial charge < -0.3 is 10.2 Å². The van der Waals surface area contributed by atoms with Crippen LogP contribution in [0.3, 0.4) is 0 Å². The number of phenolic OH excluding ortho intramolecular Hbond substituents is 2. The number of hydrogen-bond donors (Lipinski definition) is 2. The Kier molecular flexibility index (Phi) is 4.33. The zero-order chi connectivity index (χ0) is 14.7. The van der Waals surface area contributed by atoms with Gasteiger partial charge in [0.2, 0.25) is 0 Å². The molecule has 0 aliphatic heterocycles. The van der Waals surface area contributed by atoms with Crippen molar-refractivity contribution in [2.24, 2.45) is 0 Å². The van der Waals surface area contributed by atoms with E-state index in [4.69, 9.17) is 0 Å². The fourth-order valence-electron chi connectivity index (χ4n) is 2.69. The zero-order valence-electron chi connectivity index (χ0n) is 12.4. The first kappa shape index (κ1) is 14.4. The second-order valence-corrected chi connectivity index (χ2v) is 5.04. The van der Waals surface area contributed by atoms with Crippen LogP contribution >= 0.6 is 0 Å². The van der Waals surface area contributed by atoms with Crippen molar-refractivity contribution in [3.05, 3.63) is 47.0 Å². The van der Waals surface area contributed by atoms with E-state index in [2.05, 4.69) is 32.9 Å². The predicted octanol–water partition coefficient (Wildman–Crippen LogP) is 4.45. The lowest BCUT2D eigenvalue weighted by atomic mass is 9.90. The van der Waals surface area contributed by atoms with Crippen molar-refractivity contribution in [1.29, 1.82) is 0 Å². The highest BCUT2D eigenvalue weighted by atomic mass is 16.3. The van der Waals surface area contributed by atoms with E-state index in [9.17, 15) is 10.2 Å². The van der Waals surface area contributed by atoms with Crippen LogP contribution in [0.25, 0.3) is 11.1 Å². The van der Waals surface area contributed by atoms with Gasteiger partial charge in [-0.25, -0.2) is 0 Å². The molecule has 0 aromatic heterocycles. The first-order valence-electron chi connectivity index (χ1n) is 7.27. The summed E-state index contributed by atoms with van der Waals surface area (Å²) in [6, 6.07) is 9.23. The number of phenols is 2. The first-order valence-corrected chi connectivity index (χ1v) is 7.27. The lowest BCUT2D eigenvalue weighted by Crippen LogP contribution is -1.97. The summed E-state index contributed by atoms with van der Waals surface area (Å²) in [5.74, 6) is 0.219. The molecule has 0 aliphatic rings. The molecule has 20 heavy (non-hydrogen) atoms. The van der Waals surface area contributed by atoms with Crippen molar-refractivity contribution < 1.29 is 10.2 Å². The van der Waals surface area contributed by atoms with Crippen molar-refractivity contribution in [1.82, 2.24) is 0 Å². The second kappa shape index (κ2) is 6.00. The fraction of sp³-hybridized carbons (Fsp3) is 0.333. The molecule has 106 valence electrons. The minimum Gasteiger partial charge on any atom is -0.508 e. The molecule has 2 rings (SSSR count). The SMILES string of the molecule is CCc1cc(CC)c(-c2ccc(O)cc2O)cc1CC. The van der Waals surface area contributed by atoms with Gasteiger partial charge in [-0.15, -0.1) is 0 Å². The quantitative estimate of drug-likeness (QED) is 0.861. The van der Waals surface area contributed by atoms with Crippen LogP contribution in [0.2, 0.25) is 0 Å². The lowest BCUT2D eigenvalue weighted by molar-refractivity contribution is 0.452. The maximum absolute atomic E-state index is 10.1. The smallest absolute Gasteiger partial charge is 0.127 e. The minimum atomic E-state index is 0.0881. The van der Waals surface area contributed by atoms with Crippen molar-refractivity contribution in [2.75, 3.05) is 0 Å². The molecule has 0 aliphatic carbocycles. The Labute approximate surface area is 120 Å². The third kappa shape index (κ3) is 2.64. The molecule has 0 saturated heterocycles. The number of benzene rings is 2. The van der Waals surface area contributed by atoms with Crippen molar-refractivity contribution >= 4 is 0 Å². The highest BCUT2D eigenvalue weighted by Crippen LogP contribution is 2.36. The van der Waals surface area contributed by atoms with Gasteiger partial charge in [0.15, 0.2) is 0 Å². The second-order valence-electron chi connectivity index (χ2n) is 5.04. The van der Waals surface area contributed by atoms with E-state index in [0.717, 1.165) is 30.4 Å². The van der Waals surface area contributed by atoms with Gasteiger partial charge in [-0.3, -0.25) is 0 Å². The summed E-state index contributed by atoms with van der Waals surface area (Å²) in [7, 11) is 0. The molecule has 2 heteroatoms. The molecule has 0 fully saturated rings. The molecule has 0 spiro atoms. The van der Waals surface area contributed by atoms with Crippen molar-refractivity contribution in [3.8, 4) is 22.6 Å². The Hall–Kier alpha value is -1.96. The van der Waals surface area contributed by atoms with Crippen LogP contribution < -0.4 is 0 Å². The lowest BCUT2D eigenvalue weighted by Gasteiger charge is -2.15. The topological polar surface area (TPSA) is 40.5 Å². The van der Waals surface area contributed by atoms with E-state index in [0.29, 0.717) is 0 Å². The van der Waals surface area contributed by atoms with E-state index in [1.165, 1.54) is 22.8 Å². The number of aromatic hydroxyl groups is 2. The van der Waals surface area contributed by atoms with Gasteiger partial charge in [0, 0.05) is 11.6 Å². The van der Waals surface area contributed by atoms with E-state index >= 15 is 0 Å². The molecule has 0 bridgehead atoms. The highest BCUT2D eigenvalue weighted by molar-refractivity contribution is 5.75. The summed E-state index contributed by atoms with van der Waals surface area (Å²) >= 11 is 0. The molecule has 0 atom stereocenters. The Morgan fingerprint density at radius 3 is 1.85 bits per heavy atom. The molecule has 0 saturated carbocycles. The standard InChI is InChI=1S/C18H22O2/c1-4-12-9-14(6-3)17(10-13(12)5-2)16-8-7-15(19)11-18(16)20/h7-11,19-20H,4-6H2,1-3H3. The molecule has 2 aromatic carbocycles. The highest BCUT2D eigenvalue weighted by Gasteiger charge is 2.12. The van der Waals surface area contributed by atoms with Gasteiger partial charge >= 0.3 is 0 Å². The van der Waals surface area contributed by atoms with Crippen LogP contribution in [0.15, 0.2) is 30.3 Å². The van der Waals surface area contributed by atoms with Gasteiger partial charge in [0.05, 0.1) is 0 Å². The van der Waals surface area contributed by atoms with Crippen LogP contribution in [0.1, 0.15) is 37.5 Å². The van der Waals surface area contributed by atoms with E-state index in [-0.39, 0.29) is 11.5 Å². The van der Waals surface area contributed by atoms with Gasteiger partial charge in [-0.1, -0.05) is 32.9 Å². The van der Waals surface area contributed by atoms with Crippen LogP contribution in [0.5, 0.6) is 11.5 Å². The Morgan fingerprint density at radius 1 is 0.700 bits per heavy atom. The largest absolute Gasteiger partial charge is 0.508 e. The van der Waals surface area contributed by atoms with Crippen molar-refractivity contribution in [3.63, 3.8) is 0 Å². The van der Waals surface area contributed by atoms with Crippen LogP contribution in [-0.4, -0.2) is 10.2 Å². The monoisotopic (exact) mass is 270 g/mol. The molecule has 0 heterocycles. The summed E-state index contributed by atoms with van der Waals surface area (Å²) in [6.07, 6.45) is 2.93. The van der Waals surface area contributed by atoms with Gasteiger partial charge in [0.1, 0.15) is 11.5 Å². The van der Waals surface area contributed by atoms with Crippen LogP contribution in [0.4, 0.5) is 0 Å². The minimum absolute atomic E-state index is 0.0881. The van der Waals surface area contributed by atoms with Crippen LogP contribution in [-0.2, 0) is 19.3 Å². The number of rotatable bonds is 4. The predicted molar refractivity (Wildman–Crippen MR) is 83.3 cm³/mol. The van der Waals surface area contributed by atoms with Gasteiger partial charge in [-0.2, -0.15) is 0 Å². The third-order valence-corrected chi connectivity index (χ3v) is 3.84. The molecule has 2 aromatic rings. The molecule has 2 nitrogen and oxygen atoms in total. The first-order chi connectivity index (χ1) is 9.60. The zero-order valence-corrected chi connectivity index (χ0v) is 12.4. The fourth-order valence-corrected chi connectivity index (χ4v) is 2.69. The average molecular weight is 270 g/mol. The van der Waals surface area contributed by atoms with Crippen molar-refractivity contribution in [2.45, 2.75) is 40.0 Å².